The number of anilines is 1. The summed E-state index contributed by atoms with van der Waals surface area (Å²) in [5.74, 6) is 0.351. The smallest absolute Gasteiger partial charge is 0.262 e. The van der Waals surface area contributed by atoms with E-state index in [4.69, 9.17) is 15.2 Å². The Bertz CT molecular complexity index is 830. The highest BCUT2D eigenvalue weighted by Crippen LogP contribution is 2.41. The Morgan fingerprint density at radius 3 is 2.76 bits per heavy atom. The fourth-order valence-corrected chi connectivity index (χ4v) is 2.79. The van der Waals surface area contributed by atoms with Crippen molar-refractivity contribution in [1.82, 2.24) is 0 Å². The molecule has 0 unspecified atom stereocenters. The largest absolute Gasteiger partial charge is 0.483 e. The Labute approximate surface area is 145 Å². The third-order valence-electron chi connectivity index (χ3n) is 3.84. The van der Waals surface area contributed by atoms with Gasteiger partial charge in [0.2, 0.25) is 5.91 Å². The van der Waals surface area contributed by atoms with Crippen molar-refractivity contribution in [2.24, 2.45) is 5.73 Å². The molecule has 0 spiro atoms. The van der Waals surface area contributed by atoms with Crippen LogP contribution in [0.5, 0.6) is 11.5 Å². The van der Waals surface area contributed by atoms with Gasteiger partial charge in [-0.2, -0.15) is 0 Å². The van der Waals surface area contributed by atoms with Gasteiger partial charge in [0.15, 0.2) is 18.1 Å². The molecule has 0 bridgehead atoms. The number of ether oxygens (including phenoxy) is 2. The molecule has 6 nitrogen and oxygen atoms in total. The van der Waals surface area contributed by atoms with Gasteiger partial charge in [-0.05, 0) is 38.1 Å². The van der Waals surface area contributed by atoms with Crippen LogP contribution in [0.1, 0.15) is 29.8 Å². The van der Waals surface area contributed by atoms with Crippen LogP contribution in [-0.2, 0) is 11.2 Å². The summed E-state index contributed by atoms with van der Waals surface area (Å²) in [6.07, 6.45) is 0.797. The summed E-state index contributed by atoms with van der Waals surface area (Å²) in [5, 5.41) is 2.68. The minimum absolute atomic E-state index is 0.166. The van der Waals surface area contributed by atoms with Gasteiger partial charge in [-0.1, -0.05) is 18.2 Å². The first-order valence-electron chi connectivity index (χ1n) is 7.97. The predicted molar refractivity (Wildman–Crippen MR) is 93.9 cm³/mol. The van der Waals surface area contributed by atoms with E-state index >= 15 is 0 Å². The maximum absolute atomic E-state index is 12.1. The first kappa shape index (κ1) is 16.8. The number of nitrogens with one attached hydrogen (secondary N) is 1. The van der Waals surface area contributed by atoms with E-state index in [0.29, 0.717) is 22.7 Å². The molecule has 1 aliphatic rings. The molecule has 0 atom stereocenters. The maximum atomic E-state index is 12.1. The third-order valence-corrected chi connectivity index (χ3v) is 3.84. The van der Waals surface area contributed by atoms with Gasteiger partial charge in [-0.15, -0.1) is 0 Å². The summed E-state index contributed by atoms with van der Waals surface area (Å²) < 4.78 is 11.5. The number of carbonyl (C=O) groups is 2. The molecule has 0 saturated heterocycles. The number of hydrogen-bond acceptors (Lipinski definition) is 4. The second-order valence-electron chi connectivity index (χ2n) is 6.56. The van der Waals surface area contributed by atoms with Gasteiger partial charge in [0.25, 0.3) is 5.91 Å². The van der Waals surface area contributed by atoms with Crippen molar-refractivity contribution in [2.75, 3.05) is 11.9 Å². The molecule has 2 amide bonds. The van der Waals surface area contributed by atoms with Crippen molar-refractivity contribution in [2.45, 2.75) is 25.9 Å². The molecule has 1 heterocycles. The molecule has 0 aliphatic carbocycles. The number of rotatable bonds is 5. The van der Waals surface area contributed by atoms with E-state index in [-0.39, 0.29) is 18.1 Å². The highest BCUT2D eigenvalue weighted by molar-refractivity contribution is 5.96. The highest BCUT2D eigenvalue weighted by atomic mass is 16.5. The molecular weight excluding hydrogens is 320 g/mol. The molecule has 0 radical (unpaired) electrons. The number of benzene rings is 2. The van der Waals surface area contributed by atoms with Gasteiger partial charge in [-0.25, -0.2) is 0 Å². The zero-order valence-corrected chi connectivity index (χ0v) is 14.2. The lowest BCUT2D eigenvalue weighted by molar-refractivity contribution is -0.118. The van der Waals surface area contributed by atoms with Crippen molar-refractivity contribution in [3.63, 3.8) is 0 Å². The standard InChI is InChI=1S/C19H20N2O4/c1-19(2)10-13-6-4-8-15(17(13)25-19)24-11-16(22)21-14-7-3-5-12(9-14)18(20)23/h3-9H,10-11H2,1-2H3,(H2,20,23)(H,21,22). The van der Waals surface area contributed by atoms with Crippen LogP contribution in [0, 0.1) is 0 Å². The number of primary amides is 1. The first-order chi connectivity index (χ1) is 11.8. The van der Waals surface area contributed by atoms with Crippen LogP contribution in [0.25, 0.3) is 0 Å². The lowest BCUT2D eigenvalue weighted by Crippen LogP contribution is -2.25. The molecular formula is C19H20N2O4. The number of hydrogen-bond donors (Lipinski definition) is 2. The second-order valence-corrected chi connectivity index (χ2v) is 6.56. The lowest BCUT2D eigenvalue weighted by Gasteiger charge is -2.18. The Morgan fingerprint density at radius 2 is 2.00 bits per heavy atom. The molecule has 2 aromatic carbocycles. The quantitative estimate of drug-likeness (QED) is 0.875. The van der Waals surface area contributed by atoms with E-state index in [9.17, 15) is 9.59 Å². The zero-order valence-electron chi connectivity index (χ0n) is 14.2. The Balaban J connectivity index is 1.64. The Morgan fingerprint density at radius 1 is 1.24 bits per heavy atom. The summed E-state index contributed by atoms with van der Waals surface area (Å²) in [5.41, 5.74) is 6.84. The summed E-state index contributed by atoms with van der Waals surface area (Å²) >= 11 is 0. The SMILES string of the molecule is CC1(C)Cc2cccc(OCC(=O)Nc3cccc(C(N)=O)c3)c2O1. The van der Waals surface area contributed by atoms with Crippen LogP contribution in [0.2, 0.25) is 0 Å². The van der Waals surface area contributed by atoms with Gasteiger partial charge in [0.05, 0.1) is 0 Å². The van der Waals surface area contributed by atoms with E-state index in [1.807, 2.05) is 26.0 Å². The molecule has 3 rings (SSSR count). The molecule has 3 N–H and O–H groups in total. The van der Waals surface area contributed by atoms with Crippen molar-refractivity contribution >= 4 is 17.5 Å². The maximum Gasteiger partial charge on any atom is 0.262 e. The fraction of sp³-hybridized carbons (Fsp3) is 0.263. The second kappa shape index (κ2) is 6.47. The number of amides is 2. The molecule has 6 heteroatoms. The average molecular weight is 340 g/mol. The van der Waals surface area contributed by atoms with Crippen LogP contribution >= 0.6 is 0 Å². The molecule has 130 valence electrons. The van der Waals surface area contributed by atoms with Crippen LogP contribution in [0.15, 0.2) is 42.5 Å². The van der Waals surface area contributed by atoms with Crippen molar-refractivity contribution < 1.29 is 19.1 Å². The van der Waals surface area contributed by atoms with Gasteiger partial charge < -0.3 is 20.5 Å². The van der Waals surface area contributed by atoms with Crippen LogP contribution in [0.4, 0.5) is 5.69 Å². The minimum Gasteiger partial charge on any atom is -0.483 e. The predicted octanol–water partition coefficient (Wildman–Crippen LogP) is 2.52. The Kier molecular flexibility index (Phi) is 4.35. The van der Waals surface area contributed by atoms with Gasteiger partial charge in [-0.3, -0.25) is 9.59 Å². The lowest BCUT2D eigenvalue weighted by atomic mass is 10.0. The van der Waals surface area contributed by atoms with E-state index in [1.165, 1.54) is 6.07 Å². The number of nitrogens with two attached hydrogens (primary N) is 1. The normalized spacial score (nSPS) is 14.3. The van der Waals surface area contributed by atoms with Crippen LogP contribution in [-0.4, -0.2) is 24.0 Å². The van der Waals surface area contributed by atoms with E-state index in [0.717, 1.165) is 12.0 Å². The topological polar surface area (TPSA) is 90.6 Å². The third kappa shape index (κ3) is 3.91. The summed E-state index contributed by atoms with van der Waals surface area (Å²) in [4.78, 5) is 23.3. The molecule has 1 aliphatic heterocycles. The van der Waals surface area contributed by atoms with Crippen molar-refractivity contribution in [1.29, 1.82) is 0 Å². The molecule has 0 saturated carbocycles. The molecule has 0 fully saturated rings. The van der Waals surface area contributed by atoms with Crippen molar-refractivity contribution in [3.8, 4) is 11.5 Å². The number of fused-ring (bicyclic) bond motifs is 1. The summed E-state index contributed by atoms with van der Waals surface area (Å²) in [7, 11) is 0. The Hall–Kier alpha value is -3.02. The van der Waals surface area contributed by atoms with Gasteiger partial charge in [0.1, 0.15) is 5.60 Å². The van der Waals surface area contributed by atoms with E-state index in [2.05, 4.69) is 5.32 Å². The van der Waals surface area contributed by atoms with E-state index < -0.39 is 5.91 Å². The number of para-hydroxylation sites is 1. The fourth-order valence-electron chi connectivity index (χ4n) is 2.79. The highest BCUT2D eigenvalue weighted by Gasteiger charge is 2.32. The zero-order chi connectivity index (χ0) is 18.0. The number of carbonyl (C=O) groups excluding carboxylic acids is 2. The monoisotopic (exact) mass is 340 g/mol. The minimum atomic E-state index is -0.549. The molecule has 2 aromatic rings. The van der Waals surface area contributed by atoms with E-state index in [1.54, 1.807) is 24.3 Å². The molecule has 25 heavy (non-hydrogen) atoms. The first-order valence-corrected chi connectivity index (χ1v) is 7.97. The van der Waals surface area contributed by atoms with Gasteiger partial charge in [0, 0.05) is 23.2 Å². The summed E-state index contributed by atoms with van der Waals surface area (Å²) in [6, 6.07) is 12.1. The van der Waals surface area contributed by atoms with Crippen LogP contribution < -0.4 is 20.5 Å². The molecule has 0 aromatic heterocycles. The van der Waals surface area contributed by atoms with Gasteiger partial charge >= 0.3 is 0 Å². The van der Waals surface area contributed by atoms with Crippen LogP contribution in [0.3, 0.4) is 0 Å². The van der Waals surface area contributed by atoms with Crippen molar-refractivity contribution in [3.05, 3.63) is 53.6 Å². The average Bonchev–Trinajstić information content (AvgIpc) is 2.87. The summed E-state index contributed by atoms with van der Waals surface area (Å²) in [6.45, 7) is 3.85.